The van der Waals surface area contributed by atoms with Gasteiger partial charge in [-0.1, -0.05) is 51.1 Å². The van der Waals surface area contributed by atoms with Crippen LogP contribution in [-0.4, -0.2) is 44.9 Å². The predicted octanol–water partition coefficient (Wildman–Crippen LogP) is 5.17. The van der Waals surface area contributed by atoms with Crippen molar-refractivity contribution >= 4 is 28.7 Å². The van der Waals surface area contributed by atoms with E-state index in [2.05, 4.69) is 51.9 Å². The molecule has 5 N–H and O–H groups in total. The van der Waals surface area contributed by atoms with E-state index in [1.807, 2.05) is 37.3 Å². The van der Waals surface area contributed by atoms with E-state index in [0.29, 0.717) is 29.2 Å². The molecule has 1 saturated carbocycles. The smallest absolute Gasteiger partial charge is 0.320 e. The number of carbonyl (C=O) groups excluding carboxylic acids is 2. The maximum atomic E-state index is 13.2. The molecule has 204 valence electrons. The first kappa shape index (κ1) is 27.6. The number of rotatable bonds is 7. The number of nitrogens with one attached hydrogen (secondary N) is 4. The Morgan fingerprint density at radius 2 is 1.95 bits per heavy atom. The Hall–Kier alpha value is -3.46. The van der Waals surface area contributed by atoms with Gasteiger partial charge in [-0.2, -0.15) is 5.10 Å². The van der Waals surface area contributed by atoms with Gasteiger partial charge < -0.3 is 15.7 Å². The molecular formula is C29H40N6O3. The number of aliphatic hydroxyl groups excluding tert-OH is 1. The van der Waals surface area contributed by atoms with E-state index in [1.54, 1.807) is 12.3 Å². The standard InChI is InChI=1S/C29H40N6O3/c1-5-29(14-18(2)11-12-24(36)19(3)15-29)17-31-27(37)26-22-16-30-25(13-23(22)34-35-26)33-28(38)32-20(4)21-9-7-6-8-10-21/h6-10,13,16,18-20,24,36H,5,11-12,14-15,17H2,1-4H3,(H,31,37)(H,34,35)(H2,30,32,33,38). The lowest BCUT2D eigenvalue weighted by Gasteiger charge is -2.41. The van der Waals surface area contributed by atoms with Crippen LogP contribution in [0.25, 0.3) is 10.9 Å². The van der Waals surface area contributed by atoms with Crippen molar-refractivity contribution in [3.05, 3.63) is 53.9 Å². The largest absolute Gasteiger partial charge is 0.393 e. The Labute approximate surface area is 224 Å². The SMILES string of the molecule is CCC1(CNC(=O)c2n[nH]c3cc(NC(=O)NC(C)c4ccccc4)ncc23)CC(C)CCC(O)C(C)C1. The lowest BCUT2D eigenvalue weighted by atomic mass is 9.67. The van der Waals surface area contributed by atoms with Crippen molar-refractivity contribution in [2.24, 2.45) is 17.3 Å². The highest BCUT2D eigenvalue weighted by molar-refractivity contribution is 6.05. The minimum atomic E-state index is -0.372. The van der Waals surface area contributed by atoms with Crippen molar-refractivity contribution in [2.45, 2.75) is 71.9 Å². The van der Waals surface area contributed by atoms with E-state index in [0.717, 1.165) is 37.7 Å². The molecule has 5 unspecified atom stereocenters. The molecule has 38 heavy (non-hydrogen) atoms. The van der Waals surface area contributed by atoms with Gasteiger partial charge in [-0.05, 0) is 61.8 Å². The summed E-state index contributed by atoms with van der Waals surface area (Å²) in [6.07, 6.45) is 5.91. The topological polar surface area (TPSA) is 132 Å². The van der Waals surface area contributed by atoms with Crippen molar-refractivity contribution in [1.82, 2.24) is 25.8 Å². The number of hydrogen-bond donors (Lipinski definition) is 5. The van der Waals surface area contributed by atoms with Crippen molar-refractivity contribution in [1.29, 1.82) is 0 Å². The van der Waals surface area contributed by atoms with Gasteiger partial charge in [0.2, 0.25) is 0 Å². The lowest BCUT2D eigenvalue weighted by molar-refractivity contribution is 0.0350. The Balaban J connectivity index is 1.40. The van der Waals surface area contributed by atoms with Gasteiger partial charge in [0.05, 0.1) is 23.0 Å². The number of pyridine rings is 1. The number of anilines is 1. The summed E-state index contributed by atoms with van der Waals surface area (Å²) in [6.45, 7) is 8.95. The minimum Gasteiger partial charge on any atom is -0.393 e. The van der Waals surface area contributed by atoms with E-state index >= 15 is 0 Å². The molecule has 9 heteroatoms. The number of hydrogen-bond acceptors (Lipinski definition) is 5. The quantitative estimate of drug-likeness (QED) is 0.293. The summed E-state index contributed by atoms with van der Waals surface area (Å²) in [5, 5.41) is 27.0. The van der Waals surface area contributed by atoms with Crippen molar-refractivity contribution in [2.75, 3.05) is 11.9 Å². The zero-order valence-electron chi connectivity index (χ0n) is 22.8. The van der Waals surface area contributed by atoms with Crippen LogP contribution in [0.4, 0.5) is 10.6 Å². The third kappa shape index (κ3) is 6.51. The van der Waals surface area contributed by atoms with Gasteiger partial charge in [-0.15, -0.1) is 0 Å². The van der Waals surface area contributed by atoms with Crippen LogP contribution in [0.3, 0.4) is 0 Å². The van der Waals surface area contributed by atoms with Crippen LogP contribution in [0.15, 0.2) is 42.6 Å². The van der Waals surface area contributed by atoms with E-state index in [9.17, 15) is 14.7 Å². The van der Waals surface area contributed by atoms with Crippen LogP contribution in [-0.2, 0) is 0 Å². The fourth-order valence-corrected chi connectivity index (χ4v) is 5.72. The van der Waals surface area contributed by atoms with Gasteiger partial charge in [-0.3, -0.25) is 15.2 Å². The number of carbonyl (C=O) groups is 2. The number of fused-ring (bicyclic) bond motifs is 1. The highest BCUT2D eigenvalue weighted by Gasteiger charge is 2.36. The highest BCUT2D eigenvalue weighted by Crippen LogP contribution is 2.41. The zero-order valence-corrected chi connectivity index (χ0v) is 22.8. The Morgan fingerprint density at radius 3 is 2.68 bits per heavy atom. The maximum Gasteiger partial charge on any atom is 0.320 e. The molecule has 5 atom stereocenters. The van der Waals surface area contributed by atoms with Gasteiger partial charge in [0.25, 0.3) is 5.91 Å². The summed E-state index contributed by atoms with van der Waals surface area (Å²) in [5.41, 5.74) is 1.82. The summed E-state index contributed by atoms with van der Waals surface area (Å²) < 4.78 is 0. The number of nitrogens with zero attached hydrogens (tertiary/aromatic N) is 2. The van der Waals surface area contributed by atoms with Gasteiger partial charge >= 0.3 is 6.03 Å². The van der Waals surface area contributed by atoms with Crippen LogP contribution >= 0.6 is 0 Å². The number of aliphatic hydroxyl groups is 1. The minimum absolute atomic E-state index is 0.0679. The number of H-pyrrole nitrogens is 1. The van der Waals surface area contributed by atoms with Crippen LogP contribution in [0, 0.1) is 17.3 Å². The van der Waals surface area contributed by atoms with Gasteiger partial charge in [0.15, 0.2) is 5.69 Å². The molecule has 1 aliphatic rings. The normalized spacial score (nSPS) is 24.7. The van der Waals surface area contributed by atoms with Crippen LogP contribution in [0.5, 0.6) is 0 Å². The van der Waals surface area contributed by atoms with E-state index in [4.69, 9.17) is 0 Å². The monoisotopic (exact) mass is 520 g/mol. The Bertz CT molecular complexity index is 1250. The average molecular weight is 521 g/mol. The van der Waals surface area contributed by atoms with Crippen LogP contribution in [0.2, 0.25) is 0 Å². The van der Waals surface area contributed by atoms with E-state index in [-0.39, 0.29) is 41.1 Å². The summed E-state index contributed by atoms with van der Waals surface area (Å²) in [7, 11) is 0. The molecular weight excluding hydrogens is 480 g/mol. The number of aromatic nitrogens is 3. The number of urea groups is 1. The molecule has 0 bridgehead atoms. The lowest BCUT2D eigenvalue weighted by Crippen LogP contribution is -2.42. The Morgan fingerprint density at radius 1 is 1.18 bits per heavy atom. The number of benzene rings is 1. The van der Waals surface area contributed by atoms with Crippen molar-refractivity contribution in [3.63, 3.8) is 0 Å². The maximum absolute atomic E-state index is 13.2. The molecule has 2 heterocycles. The molecule has 9 nitrogen and oxygen atoms in total. The molecule has 0 spiro atoms. The van der Waals surface area contributed by atoms with Crippen molar-refractivity contribution in [3.8, 4) is 0 Å². The molecule has 3 amide bonds. The predicted molar refractivity (Wildman–Crippen MR) is 149 cm³/mol. The number of amides is 3. The molecule has 2 aromatic heterocycles. The van der Waals surface area contributed by atoms with E-state index < -0.39 is 0 Å². The molecule has 0 aliphatic heterocycles. The fraction of sp³-hybridized carbons (Fsp3) is 0.517. The third-order valence-electron chi connectivity index (χ3n) is 8.07. The van der Waals surface area contributed by atoms with Crippen LogP contribution < -0.4 is 16.0 Å². The summed E-state index contributed by atoms with van der Waals surface area (Å²) in [6, 6.07) is 10.8. The first-order valence-corrected chi connectivity index (χ1v) is 13.6. The first-order chi connectivity index (χ1) is 18.2. The first-order valence-electron chi connectivity index (χ1n) is 13.6. The van der Waals surface area contributed by atoms with Crippen molar-refractivity contribution < 1.29 is 14.7 Å². The number of aromatic amines is 1. The van der Waals surface area contributed by atoms with E-state index in [1.165, 1.54) is 0 Å². The highest BCUT2D eigenvalue weighted by atomic mass is 16.3. The second-order valence-electron chi connectivity index (χ2n) is 11.1. The molecule has 0 radical (unpaired) electrons. The second kappa shape index (κ2) is 11.9. The molecule has 1 aromatic carbocycles. The molecule has 1 aliphatic carbocycles. The summed E-state index contributed by atoms with van der Waals surface area (Å²) in [5.74, 6) is 0.771. The summed E-state index contributed by atoms with van der Waals surface area (Å²) in [4.78, 5) is 30.0. The second-order valence-corrected chi connectivity index (χ2v) is 11.1. The fourth-order valence-electron chi connectivity index (χ4n) is 5.72. The third-order valence-corrected chi connectivity index (χ3v) is 8.07. The summed E-state index contributed by atoms with van der Waals surface area (Å²) >= 11 is 0. The molecule has 0 saturated heterocycles. The molecule has 4 rings (SSSR count). The zero-order chi connectivity index (χ0) is 27.3. The van der Waals surface area contributed by atoms with Gasteiger partial charge in [0.1, 0.15) is 5.82 Å². The van der Waals surface area contributed by atoms with Crippen LogP contribution in [0.1, 0.15) is 81.9 Å². The van der Waals surface area contributed by atoms with Gasteiger partial charge in [-0.25, -0.2) is 9.78 Å². The molecule has 1 fully saturated rings. The molecule has 3 aromatic rings. The average Bonchev–Trinajstić information content (AvgIpc) is 3.33. The van der Waals surface area contributed by atoms with Gasteiger partial charge in [0, 0.05) is 18.8 Å². The Kier molecular flexibility index (Phi) is 8.66.